The van der Waals surface area contributed by atoms with Crippen LogP contribution in [-0.4, -0.2) is 32.3 Å². The van der Waals surface area contributed by atoms with E-state index in [4.69, 9.17) is 9.79 Å². The summed E-state index contributed by atoms with van der Waals surface area (Å²) in [6.07, 6.45) is 1.78. The van der Waals surface area contributed by atoms with Crippen LogP contribution in [0.4, 0.5) is 0 Å². The summed E-state index contributed by atoms with van der Waals surface area (Å²) in [6, 6.07) is 0. The van der Waals surface area contributed by atoms with E-state index >= 15 is 0 Å². The highest BCUT2D eigenvalue weighted by Gasteiger charge is 2.16. The zero-order valence-corrected chi connectivity index (χ0v) is 9.42. The lowest BCUT2D eigenvalue weighted by Gasteiger charge is -2.03. The van der Waals surface area contributed by atoms with Gasteiger partial charge in [0, 0.05) is 0 Å². The molecule has 2 N–H and O–H groups in total. The Labute approximate surface area is 91.7 Å². The highest BCUT2D eigenvalue weighted by Crippen LogP contribution is 2.38. The van der Waals surface area contributed by atoms with Crippen LogP contribution in [0, 0.1) is 0 Å². The normalized spacial score (nSPS) is 11.2. The van der Waals surface area contributed by atoms with E-state index in [2.05, 4.69) is 14.7 Å². The zero-order chi connectivity index (χ0) is 12.2. The second kappa shape index (κ2) is 5.16. The maximum Gasteiger partial charge on any atom is 0.358 e. The van der Waals surface area contributed by atoms with Crippen LogP contribution in [0.1, 0.15) is 23.1 Å². The van der Waals surface area contributed by atoms with E-state index in [9.17, 15) is 9.36 Å². The second-order valence-electron chi connectivity index (χ2n) is 2.94. The summed E-state index contributed by atoms with van der Waals surface area (Å²) in [4.78, 5) is 35.9. The van der Waals surface area contributed by atoms with Gasteiger partial charge in [0.05, 0.1) is 30.9 Å². The first-order valence-electron chi connectivity index (χ1n) is 4.45. The van der Waals surface area contributed by atoms with Crippen LogP contribution >= 0.6 is 7.60 Å². The topological polar surface area (TPSA) is 110 Å². The summed E-state index contributed by atoms with van der Waals surface area (Å²) >= 11 is 0. The molecule has 1 aromatic rings. The van der Waals surface area contributed by atoms with Crippen LogP contribution in [-0.2, 0) is 15.5 Å². The Bertz CT molecular complexity index is 413. The molecule has 0 aromatic carbocycles. The molecule has 0 bridgehead atoms. The van der Waals surface area contributed by atoms with E-state index in [1.165, 1.54) is 0 Å². The summed E-state index contributed by atoms with van der Waals surface area (Å²) in [5, 5.41) is 0. The first-order valence-corrected chi connectivity index (χ1v) is 6.24. The lowest BCUT2D eigenvalue weighted by atomic mass is 10.4. The summed E-state index contributed by atoms with van der Waals surface area (Å²) in [5.41, 5.74) is 0.137. The van der Waals surface area contributed by atoms with E-state index in [-0.39, 0.29) is 18.0 Å². The van der Waals surface area contributed by atoms with Crippen molar-refractivity contribution in [1.29, 1.82) is 0 Å². The Morgan fingerprint density at radius 3 is 2.56 bits per heavy atom. The van der Waals surface area contributed by atoms with Crippen molar-refractivity contribution in [2.45, 2.75) is 13.1 Å². The van der Waals surface area contributed by atoms with Crippen molar-refractivity contribution in [3.63, 3.8) is 0 Å². The number of hydrogen-bond donors (Lipinski definition) is 2. The predicted molar refractivity (Wildman–Crippen MR) is 53.7 cm³/mol. The number of hydrogen-bond acceptors (Lipinski definition) is 5. The molecule has 88 valence electrons. The monoisotopic (exact) mass is 246 g/mol. The summed E-state index contributed by atoms with van der Waals surface area (Å²) in [6.45, 7) is 1.89. The van der Waals surface area contributed by atoms with Gasteiger partial charge in [-0.25, -0.2) is 9.78 Å². The molecular weight excluding hydrogens is 235 g/mol. The molecule has 0 fully saturated rings. The molecule has 8 heteroatoms. The Balaban J connectivity index is 2.75. The second-order valence-corrected chi connectivity index (χ2v) is 4.58. The highest BCUT2D eigenvalue weighted by molar-refractivity contribution is 7.50. The fraction of sp³-hybridized carbons (Fsp3) is 0.375. The van der Waals surface area contributed by atoms with Crippen molar-refractivity contribution in [3.05, 3.63) is 23.8 Å². The van der Waals surface area contributed by atoms with Gasteiger partial charge in [-0.1, -0.05) is 0 Å². The van der Waals surface area contributed by atoms with Crippen LogP contribution in [0.2, 0.25) is 0 Å². The third-order valence-corrected chi connectivity index (χ3v) is 2.29. The minimum atomic E-state index is -4.16. The van der Waals surface area contributed by atoms with Crippen molar-refractivity contribution in [1.82, 2.24) is 9.97 Å². The quantitative estimate of drug-likeness (QED) is 0.581. The summed E-state index contributed by atoms with van der Waals surface area (Å²) in [7, 11) is -4.16. The maximum absolute atomic E-state index is 11.2. The van der Waals surface area contributed by atoms with Gasteiger partial charge in [-0.05, 0) is 6.92 Å². The molecule has 0 atom stereocenters. The molecule has 0 aliphatic rings. The summed E-state index contributed by atoms with van der Waals surface area (Å²) in [5.74, 6) is -0.613. The minimum absolute atomic E-state index is 0.0105. The number of aromatic nitrogens is 2. The van der Waals surface area contributed by atoms with E-state index < -0.39 is 19.7 Å². The number of carbonyl (C=O) groups is 1. The minimum Gasteiger partial charge on any atom is -0.461 e. The third kappa shape index (κ3) is 4.06. The molecule has 0 saturated carbocycles. The van der Waals surface area contributed by atoms with E-state index in [1.807, 2.05) is 0 Å². The van der Waals surface area contributed by atoms with Crippen LogP contribution in [0.25, 0.3) is 0 Å². The van der Waals surface area contributed by atoms with E-state index in [0.717, 1.165) is 12.4 Å². The van der Waals surface area contributed by atoms with Gasteiger partial charge in [-0.3, -0.25) is 9.55 Å². The first kappa shape index (κ1) is 12.8. The molecule has 0 spiro atoms. The molecule has 0 aliphatic heterocycles. The molecule has 0 amide bonds. The zero-order valence-electron chi connectivity index (χ0n) is 8.53. The Kier molecular flexibility index (Phi) is 4.12. The van der Waals surface area contributed by atoms with Crippen LogP contribution < -0.4 is 0 Å². The van der Waals surface area contributed by atoms with Gasteiger partial charge in [0.2, 0.25) is 0 Å². The molecule has 1 rings (SSSR count). The van der Waals surface area contributed by atoms with Crippen molar-refractivity contribution >= 4 is 13.6 Å². The Morgan fingerprint density at radius 2 is 2.12 bits per heavy atom. The Morgan fingerprint density at radius 1 is 1.44 bits per heavy atom. The Hall–Kier alpha value is -1.30. The molecule has 0 saturated heterocycles. The number of carbonyl (C=O) groups excluding carboxylic acids is 1. The van der Waals surface area contributed by atoms with Gasteiger partial charge < -0.3 is 14.5 Å². The van der Waals surface area contributed by atoms with Crippen molar-refractivity contribution in [2.75, 3.05) is 6.61 Å². The average Bonchev–Trinajstić information content (AvgIpc) is 2.16. The molecule has 7 nitrogen and oxygen atoms in total. The van der Waals surface area contributed by atoms with Crippen molar-refractivity contribution in [2.24, 2.45) is 0 Å². The van der Waals surface area contributed by atoms with Gasteiger partial charge >= 0.3 is 13.6 Å². The fourth-order valence-corrected chi connectivity index (χ4v) is 1.54. The van der Waals surface area contributed by atoms with Crippen LogP contribution in [0.15, 0.2) is 12.4 Å². The van der Waals surface area contributed by atoms with Gasteiger partial charge in [-0.2, -0.15) is 0 Å². The van der Waals surface area contributed by atoms with Crippen LogP contribution in [0.3, 0.4) is 0 Å². The highest BCUT2D eigenvalue weighted by atomic mass is 31.2. The lowest BCUT2D eigenvalue weighted by molar-refractivity contribution is 0.0519. The number of ether oxygens (including phenoxy) is 1. The molecule has 16 heavy (non-hydrogen) atoms. The molecule has 0 aliphatic carbocycles. The SMILES string of the molecule is CCOC(=O)c1cnc(CP(=O)(O)O)cn1. The fourth-order valence-electron chi connectivity index (χ4n) is 0.958. The van der Waals surface area contributed by atoms with E-state index in [1.54, 1.807) is 6.92 Å². The smallest absolute Gasteiger partial charge is 0.358 e. The summed E-state index contributed by atoms with van der Waals surface area (Å²) < 4.78 is 15.3. The molecule has 1 aromatic heterocycles. The average molecular weight is 246 g/mol. The largest absolute Gasteiger partial charge is 0.461 e. The molecule has 0 unspecified atom stereocenters. The third-order valence-electron chi connectivity index (χ3n) is 1.56. The van der Waals surface area contributed by atoms with Crippen molar-refractivity contribution < 1.29 is 23.9 Å². The van der Waals surface area contributed by atoms with Crippen molar-refractivity contribution in [3.8, 4) is 0 Å². The molecular formula is C8H11N2O5P. The number of nitrogens with zero attached hydrogens (tertiary/aromatic N) is 2. The standard InChI is InChI=1S/C8H11N2O5P/c1-2-15-8(11)7-4-9-6(3-10-7)5-16(12,13)14/h3-4H,2,5H2,1H3,(H2,12,13,14). The predicted octanol–water partition coefficient (Wildman–Crippen LogP) is 0.331. The maximum atomic E-state index is 11.2. The molecule has 1 heterocycles. The number of rotatable bonds is 4. The van der Waals surface area contributed by atoms with Gasteiger partial charge in [0.1, 0.15) is 0 Å². The number of esters is 1. The van der Waals surface area contributed by atoms with E-state index in [0.29, 0.717) is 0 Å². The molecule has 0 radical (unpaired) electrons. The van der Waals surface area contributed by atoms with Gasteiger partial charge in [0.25, 0.3) is 0 Å². The van der Waals surface area contributed by atoms with Crippen LogP contribution in [0.5, 0.6) is 0 Å². The van der Waals surface area contributed by atoms with Gasteiger partial charge in [0.15, 0.2) is 5.69 Å². The first-order chi connectivity index (χ1) is 7.42. The lowest BCUT2D eigenvalue weighted by Crippen LogP contribution is -2.08. The van der Waals surface area contributed by atoms with Gasteiger partial charge in [-0.15, -0.1) is 0 Å².